The molecule has 1 saturated heterocycles. The Morgan fingerprint density at radius 1 is 1.04 bits per heavy atom. The van der Waals surface area contributed by atoms with Gasteiger partial charge in [0.15, 0.2) is 0 Å². The molecule has 1 aromatic heterocycles. The number of fused-ring (bicyclic) bond motifs is 1. The number of nitrogens with zero attached hydrogens (tertiary/aromatic N) is 1. The first-order valence-corrected chi connectivity index (χ1v) is 8.72. The Bertz CT molecular complexity index is 1110. The smallest absolute Gasteiger partial charge is 0.326 e. The number of urea groups is 1. The first-order valence-electron chi connectivity index (χ1n) is 8.72. The average molecular weight is 377 g/mol. The molecule has 28 heavy (non-hydrogen) atoms. The van der Waals surface area contributed by atoms with Crippen LogP contribution in [0.25, 0.3) is 17.0 Å². The normalized spacial score (nSPS) is 15.0. The highest BCUT2D eigenvalue weighted by Gasteiger charge is 2.23. The van der Waals surface area contributed by atoms with Crippen molar-refractivity contribution in [1.29, 1.82) is 0 Å². The molecular formula is C21H19N3O4. The molecule has 1 aliphatic heterocycles. The van der Waals surface area contributed by atoms with Crippen LogP contribution in [0.15, 0.2) is 54.4 Å². The fourth-order valence-corrected chi connectivity index (χ4v) is 3.32. The maximum absolute atomic E-state index is 11.9. The van der Waals surface area contributed by atoms with E-state index in [0.717, 1.165) is 33.5 Å². The third kappa shape index (κ3) is 3.18. The molecule has 0 spiro atoms. The van der Waals surface area contributed by atoms with Gasteiger partial charge in [-0.2, -0.15) is 0 Å². The SMILES string of the molecule is COc1ccc(Cn2cc(/C=C3\NC(=O)NC3=O)c3ccccc32)c(OC)c1. The van der Waals surface area contributed by atoms with Gasteiger partial charge in [-0.15, -0.1) is 0 Å². The first kappa shape index (κ1) is 17.7. The summed E-state index contributed by atoms with van der Waals surface area (Å²) in [5, 5.41) is 5.72. The van der Waals surface area contributed by atoms with Crippen LogP contribution in [0.1, 0.15) is 11.1 Å². The molecule has 0 bridgehead atoms. The van der Waals surface area contributed by atoms with Gasteiger partial charge in [-0.25, -0.2) is 4.79 Å². The molecule has 0 saturated carbocycles. The molecule has 3 amide bonds. The number of ether oxygens (including phenoxy) is 2. The van der Waals surface area contributed by atoms with Crippen molar-refractivity contribution in [3.05, 3.63) is 65.5 Å². The summed E-state index contributed by atoms with van der Waals surface area (Å²) in [6, 6.07) is 13.1. The van der Waals surface area contributed by atoms with Gasteiger partial charge in [0.2, 0.25) is 0 Å². The van der Waals surface area contributed by atoms with Gasteiger partial charge in [0, 0.05) is 34.3 Å². The lowest BCUT2D eigenvalue weighted by atomic mass is 10.1. The summed E-state index contributed by atoms with van der Waals surface area (Å²) in [6.45, 7) is 0.579. The zero-order valence-corrected chi connectivity index (χ0v) is 15.5. The molecule has 0 aliphatic carbocycles. The lowest BCUT2D eigenvalue weighted by Crippen LogP contribution is -2.22. The lowest BCUT2D eigenvalue weighted by molar-refractivity contribution is -0.115. The van der Waals surface area contributed by atoms with Crippen LogP contribution in [-0.4, -0.2) is 30.7 Å². The van der Waals surface area contributed by atoms with Crippen molar-refractivity contribution in [3.63, 3.8) is 0 Å². The van der Waals surface area contributed by atoms with E-state index in [1.54, 1.807) is 20.3 Å². The van der Waals surface area contributed by atoms with E-state index < -0.39 is 11.9 Å². The highest BCUT2D eigenvalue weighted by molar-refractivity contribution is 6.14. The Morgan fingerprint density at radius 2 is 1.86 bits per heavy atom. The van der Waals surface area contributed by atoms with Crippen molar-refractivity contribution >= 4 is 28.9 Å². The minimum atomic E-state index is -0.511. The quantitative estimate of drug-likeness (QED) is 0.529. The summed E-state index contributed by atoms with van der Waals surface area (Å²) >= 11 is 0. The van der Waals surface area contributed by atoms with E-state index in [0.29, 0.717) is 6.54 Å². The second-order valence-electron chi connectivity index (χ2n) is 6.37. The van der Waals surface area contributed by atoms with Crippen LogP contribution in [0, 0.1) is 0 Å². The fraction of sp³-hybridized carbons (Fsp3) is 0.143. The fourth-order valence-electron chi connectivity index (χ4n) is 3.32. The topological polar surface area (TPSA) is 81.6 Å². The number of aromatic nitrogens is 1. The molecule has 1 aliphatic rings. The number of imide groups is 1. The average Bonchev–Trinajstić information content (AvgIpc) is 3.21. The summed E-state index contributed by atoms with van der Waals surface area (Å²) in [5.41, 5.74) is 3.08. The second-order valence-corrected chi connectivity index (χ2v) is 6.37. The number of carbonyl (C=O) groups is 2. The van der Waals surface area contributed by atoms with Crippen molar-refractivity contribution in [2.75, 3.05) is 14.2 Å². The molecule has 142 valence electrons. The molecular weight excluding hydrogens is 358 g/mol. The van der Waals surface area contributed by atoms with Crippen LogP contribution in [0.3, 0.4) is 0 Å². The van der Waals surface area contributed by atoms with E-state index in [4.69, 9.17) is 9.47 Å². The first-order chi connectivity index (χ1) is 13.6. The highest BCUT2D eigenvalue weighted by Crippen LogP contribution is 2.29. The molecule has 4 rings (SSSR count). The standard InChI is InChI=1S/C21H19N3O4/c1-27-15-8-7-13(19(10-15)28-2)11-24-12-14(16-5-3-4-6-18(16)24)9-17-20(25)23-21(26)22-17/h3-10,12H,11H2,1-2H3,(H2,22,23,25,26)/b17-9-. The third-order valence-corrected chi connectivity index (χ3v) is 4.67. The van der Waals surface area contributed by atoms with Crippen molar-refractivity contribution in [1.82, 2.24) is 15.2 Å². The molecule has 2 N–H and O–H groups in total. The molecule has 2 aromatic carbocycles. The largest absolute Gasteiger partial charge is 0.497 e. The summed E-state index contributed by atoms with van der Waals surface area (Å²) in [5.74, 6) is 1.03. The molecule has 3 aromatic rings. The van der Waals surface area contributed by atoms with Gasteiger partial charge < -0.3 is 19.4 Å². The molecule has 1 fully saturated rings. The van der Waals surface area contributed by atoms with Gasteiger partial charge in [0.1, 0.15) is 17.2 Å². The number of benzene rings is 2. The van der Waals surface area contributed by atoms with E-state index in [9.17, 15) is 9.59 Å². The van der Waals surface area contributed by atoms with Gasteiger partial charge in [-0.05, 0) is 24.3 Å². The number of nitrogens with one attached hydrogen (secondary N) is 2. The summed E-state index contributed by atoms with van der Waals surface area (Å²) < 4.78 is 12.9. The molecule has 2 heterocycles. The number of amides is 3. The van der Waals surface area contributed by atoms with Gasteiger partial charge >= 0.3 is 6.03 Å². The second kappa shape index (κ2) is 7.11. The lowest BCUT2D eigenvalue weighted by Gasteiger charge is -2.12. The zero-order chi connectivity index (χ0) is 19.7. The van der Waals surface area contributed by atoms with Gasteiger partial charge in [0.05, 0.1) is 20.8 Å². The molecule has 7 heteroatoms. The monoisotopic (exact) mass is 377 g/mol. The summed E-state index contributed by atoms with van der Waals surface area (Å²) in [4.78, 5) is 23.2. The molecule has 0 unspecified atom stereocenters. The van der Waals surface area contributed by atoms with Crippen LogP contribution in [-0.2, 0) is 11.3 Å². The molecule has 7 nitrogen and oxygen atoms in total. The van der Waals surface area contributed by atoms with Crippen LogP contribution < -0.4 is 20.1 Å². The Morgan fingerprint density at radius 3 is 2.57 bits per heavy atom. The molecule has 0 radical (unpaired) electrons. The number of methoxy groups -OCH3 is 2. The van der Waals surface area contributed by atoms with Crippen LogP contribution in [0.5, 0.6) is 11.5 Å². The van der Waals surface area contributed by atoms with Crippen molar-refractivity contribution < 1.29 is 19.1 Å². The van der Waals surface area contributed by atoms with Crippen molar-refractivity contribution in [2.24, 2.45) is 0 Å². The Kier molecular flexibility index (Phi) is 4.49. The minimum Gasteiger partial charge on any atom is -0.497 e. The Labute approximate surface area is 161 Å². The zero-order valence-electron chi connectivity index (χ0n) is 15.5. The predicted octanol–water partition coefficient (Wildman–Crippen LogP) is 2.89. The van der Waals surface area contributed by atoms with Gasteiger partial charge in [-0.3, -0.25) is 10.1 Å². The number of rotatable bonds is 5. The van der Waals surface area contributed by atoms with E-state index in [2.05, 4.69) is 15.2 Å². The Balaban J connectivity index is 1.76. The van der Waals surface area contributed by atoms with E-state index >= 15 is 0 Å². The minimum absolute atomic E-state index is 0.231. The van der Waals surface area contributed by atoms with E-state index in [-0.39, 0.29) is 5.70 Å². The maximum atomic E-state index is 11.9. The van der Waals surface area contributed by atoms with Gasteiger partial charge in [-0.1, -0.05) is 18.2 Å². The van der Waals surface area contributed by atoms with Crippen LogP contribution in [0.4, 0.5) is 4.79 Å². The van der Waals surface area contributed by atoms with Crippen molar-refractivity contribution in [3.8, 4) is 11.5 Å². The summed E-state index contributed by atoms with van der Waals surface area (Å²) in [6.07, 6.45) is 3.64. The predicted molar refractivity (Wildman–Crippen MR) is 105 cm³/mol. The number of hydrogen-bond acceptors (Lipinski definition) is 4. The van der Waals surface area contributed by atoms with Gasteiger partial charge in [0.25, 0.3) is 5.91 Å². The van der Waals surface area contributed by atoms with E-state index in [1.165, 1.54) is 0 Å². The Hall–Kier alpha value is -3.74. The third-order valence-electron chi connectivity index (χ3n) is 4.67. The molecule has 0 atom stereocenters. The summed E-state index contributed by atoms with van der Waals surface area (Å²) in [7, 11) is 3.24. The van der Waals surface area contributed by atoms with Crippen LogP contribution >= 0.6 is 0 Å². The van der Waals surface area contributed by atoms with E-state index in [1.807, 2.05) is 48.7 Å². The number of hydrogen-bond donors (Lipinski definition) is 2. The van der Waals surface area contributed by atoms with Crippen LogP contribution in [0.2, 0.25) is 0 Å². The number of para-hydroxylation sites is 1. The highest BCUT2D eigenvalue weighted by atomic mass is 16.5. The van der Waals surface area contributed by atoms with Crippen molar-refractivity contribution in [2.45, 2.75) is 6.54 Å². The maximum Gasteiger partial charge on any atom is 0.326 e. The number of carbonyl (C=O) groups excluding carboxylic acids is 2.